The van der Waals surface area contributed by atoms with Gasteiger partial charge in [-0.25, -0.2) is 4.79 Å². The van der Waals surface area contributed by atoms with Gasteiger partial charge in [0.15, 0.2) is 0 Å². The van der Waals surface area contributed by atoms with Crippen LogP contribution in [-0.4, -0.2) is 40.5 Å². The van der Waals surface area contributed by atoms with Crippen LogP contribution >= 0.6 is 0 Å². The van der Waals surface area contributed by atoms with Gasteiger partial charge in [0.05, 0.1) is 0 Å². The summed E-state index contributed by atoms with van der Waals surface area (Å²) in [7, 11) is 0. The van der Waals surface area contributed by atoms with E-state index in [0.29, 0.717) is 18.9 Å². The van der Waals surface area contributed by atoms with Crippen molar-refractivity contribution in [3.8, 4) is 0 Å². The van der Waals surface area contributed by atoms with Gasteiger partial charge >= 0.3 is 5.97 Å². The summed E-state index contributed by atoms with van der Waals surface area (Å²) < 4.78 is 0. The third kappa shape index (κ3) is 4.20. The first-order valence-electron chi connectivity index (χ1n) is 7.44. The van der Waals surface area contributed by atoms with Gasteiger partial charge in [0.25, 0.3) is 0 Å². The molecular formula is C15H28N2O3. The molecule has 116 valence electrons. The largest absolute Gasteiger partial charge is 0.480 e. The Morgan fingerprint density at radius 1 is 1.40 bits per heavy atom. The van der Waals surface area contributed by atoms with Gasteiger partial charge in [-0.05, 0) is 24.2 Å². The molecule has 3 atom stereocenters. The van der Waals surface area contributed by atoms with E-state index >= 15 is 0 Å². The minimum atomic E-state index is -0.902. The van der Waals surface area contributed by atoms with E-state index in [1.807, 2.05) is 20.8 Å². The van der Waals surface area contributed by atoms with Crippen LogP contribution < -0.4 is 5.73 Å². The molecule has 1 saturated heterocycles. The molecule has 1 rings (SSSR count). The number of nitrogens with zero attached hydrogens (tertiary/aromatic N) is 1. The minimum Gasteiger partial charge on any atom is -0.480 e. The molecule has 1 aliphatic rings. The Kier molecular flexibility index (Phi) is 5.57. The molecule has 1 aliphatic heterocycles. The first kappa shape index (κ1) is 17.0. The zero-order chi connectivity index (χ0) is 15.5. The van der Waals surface area contributed by atoms with Crippen LogP contribution in [0.1, 0.15) is 53.4 Å². The van der Waals surface area contributed by atoms with Gasteiger partial charge in [0, 0.05) is 19.0 Å². The molecule has 0 spiro atoms. The molecule has 5 heteroatoms. The predicted octanol–water partition coefficient (Wildman–Crippen LogP) is 1.85. The monoisotopic (exact) mass is 284 g/mol. The van der Waals surface area contributed by atoms with E-state index in [0.717, 1.165) is 12.8 Å². The highest BCUT2D eigenvalue weighted by Crippen LogP contribution is 2.27. The van der Waals surface area contributed by atoms with Crippen molar-refractivity contribution in [1.82, 2.24) is 4.90 Å². The summed E-state index contributed by atoms with van der Waals surface area (Å²) in [6.45, 7) is 8.57. The molecule has 0 aromatic rings. The minimum absolute atomic E-state index is 0.130. The third-order valence-electron chi connectivity index (χ3n) is 4.40. The average molecular weight is 284 g/mol. The fourth-order valence-electron chi connectivity index (χ4n) is 2.55. The lowest BCUT2D eigenvalue weighted by molar-refractivity contribution is -0.153. The Morgan fingerprint density at radius 3 is 2.45 bits per heavy atom. The molecule has 3 unspecified atom stereocenters. The number of carboxylic acid groups (broad SMARTS) is 1. The summed E-state index contributed by atoms with van der Waals surface area (Å²) in [4.78, 5) is 25.2. The zero-order valence-corrected chi connectivity index (χ0v) is 13.1. The van der Waals surface area contributed by atoms with Crippen molar-refractivity contribution >= 4 is 11.9 Å². The van der Waals surface area contributed by atoms with Crippen LogP contribution in [-0.2, 0) is 9.59 Å². The van der Waals surface area contributed by atoms with Crippen LogP contribution in [0.4, 0.5) is 0 Å². The number of amides is 1. The Morgan fingerprint density at radius 2 is 2.00 bits per heavy atom. The summed E-state index contributed by atoms with van der Waals surface area (Å²) >= 11 is 0. The van der Waals surface area contributed by atoms with Crippen molar-refractivity contribution in [2.24, 2.45) is 17.1 Å². The molecule has 1 amide bonds. The topological polar surface area (TPSA) is 83.6 Å². The first-order valence-corrected chi connectivity index (χ1v) is 7.44. The smallest absolute Gasteiger partial charge is 0.326 e. The van der Waals surface area contributed by atoms with Crippen LogP contribution in [0.25, 0.3) is 0 Å². The summed E-state index contributed by atoms with van der Waals surface area (Å²) in [6, 6.07) is -0.943. The Hall–Kier alpha value is -1.10. The number of rotatable bonds is 4. The molecule has 3 N–H and O–H groups in total. The summed E-state index contributed by atoms with van der Waals surface area (Å²) in [6.07, 6.45) is 2.62. The molecule has 0 aromatic heterocycles. The second kappa shape index (κ2) is 6.57. The molecule has 0 aromatic carbocycles. The highest BCUT2D eigenvalue weighted by atomic mass is 16.4. The maximum absolute atomic E-state index is 12.3. The number of hydrogen-bond acceptors (Lipinski definition) is 3. The van der Waals surface area contributed by atoms with Crippen molar-refractivity contribution in [3.63, 3.8) is 0 Å². The van der Waals surface area contributed by atoms with E-state index in [4.69, 9.17) is 5.73 Å². The van der Waals surface area contributed by atoms with E-state index in [1.165, 1.54) is 4.90 Å². The second-order valence-electron chi connectivity index (χ2n) is 6.92. The lowest BCUT2D eigenvalue weighted by atomic mass is 9.84. The molecule has 1 heterocycles. The number of nitrogens with two attached hydrogens (primary N) is 1. The van der Waals surface area contributed by atoms with Gasteiger partial charge in [0.2, 0.25) is 5.91 Å². The van der Waals surface area contributed by atoms with E-state index in [2.05, 4.69) is 6.92 Å². The van der Waals surface area contributed by atoms with Gasteiger partial charge in [-0.3, -0.25) is 4.79 Å². The SMILES string of the molecule is CCC1CCN(C(=O)CC(N)C(C)(C)C)C(C(=O)O)C1. The Bertz CT molecular complexity index is 363. The highest BCUT2D eigenvalue weighted by Gasteiger charge is 2.36. The number of hydrogen-bond donors (Lipinski definition) is 2. The number of carbonyl (C=O) groups is 2. The predicted molar refractivity (Wildman–Crippen MR) is 78.2 cm³/mol. The average Bonchev–Trinajstić information content (AvgIpc) is 2.36. The number of piperidine rings is 1. The second-order valence-corrected chi connectivity index (χ2v) is 6.92. The Balaban J connectivity index is 2.73. The van der Waals surface area contributed by atoms with Crippen molar-refractivity contribution in [3.05, 3.63) is 0 Å². The summed E-state index contributed by atoms with van der Waals surface area (Å²) in [5, 5.41) is 9.34. The normalized spacial score (nSPS) is 25.4. The fourth-order valence-corrected chi connectivity index (χ4v) is 2.55. The molecule has 0 bridgehead atoms. The van der Waals surface area contributed by atoms with Gasteiger partial charge in [0.1, 0.15) is 6.04 Å². The standard InChI is InChI=1S/C15H28N2O3/c1-5-10-6-7-17(11(8-10)14(19)20)13(18)9-12(16)15(2,3)4/h10-12H,5-9,16H2,1-4H3,(H,19,20). The van der Waals surface area contributed by atoms with Crippen LogP contribution in [0, 0.1) is 11.3 Å². The number of carboxylic acids is 1. The third-order valence-corrected chi connectivity index (χ3v) is 4.40. The molecule has 0 aliphatic carbocycles. The van der Waals surface area contributed by atoms with Crippen molar-refractivity contribution < 1.29 is 14.7 Å². The number of likely N-dealkylation sites (tertiary alicyclic amines) is 1. The van der Waals surface area contributed by atoms with Crippen molar-refractivity contribution in [1.29, 1.82) is 0 Å². The van der Waals surface area contributed by atoms with E-state index in [9.17, 15) is 14.7 Å². The highest BCUT2D eigenvalue weighted by molar-refractivity contribution is 5.84. The number of aliphatic carboxylic acids is 1. The summed E-state index contributed by atoms with van der Waals surface area (Å²) in [5.74, 6) is -0.633. The quantitative estimate of drug-likeness (QED) is 0.825. The molecule has 1 fully saturated rings. The van der Waals surface area contributed by atoms with E-state index in [1.54, 1.807) is 0 Å². The van der Waals surface area contributed by atoms with Crippen molar-refractivity contribution in [2.45, 2.75) is 65.5 Å². The molecule has 0 saturated carbocycles. The maximum Gasteiger partial charge on any atom is 0.326 e. The maximum atomic E-state index is 12.3. The number of carbonyl (C=O) groups excluding carboxylic acids is 1. The Labute approximate surface area is 121 Å². The van der Waals surface area contributed by atoms with Crippen molar-refractivity contribution in [2.75, 3.05) is 6.54 Å². The van der Waals surface area contributed by atoms with E-state index in [-0.39, 0.29) is 23.8 Å². The zero-order valence-electron chi connectivity index (χ0n) is 13.1. The lowest BCUT2D eigenvalue weighted by Gasteiger charge is -2.38. The fraction of sp³-hybridized carbons (Fsp3) is 0.867. The molecule has 0 radical (unpaired) electrons. The molecule has 5 nitrogen and oxygen atoms in total. The van der Waals surface area contributed by atoms with Crippen LogP contribution in [0.3, 0.4) is 0 Å². The van der Waals surface area contributed by atoms with E-state index < -0.39 is 12.0 Å². The van der Waals surface area contributed by atoms with Gasteiger partial charge in [-0.2, -0.15) is 0 Å². The van der Waals surface area contributed by atoms with Crippen LogP contribution in [0.2, 0.25) is 0 Å². The summed E-state index contributed by atoms with van der Waals surface area (Å²) in [5.41, 5.74) is 5.88. The lowest BCUT2D eigenvalue weighted by Crippen LogP contribution is -2.52. The van der Waals surface area contributed by atoms with Crippen LogP contribution in [0.15, 0.2) is 0 Å². The van der Waals surface area contributed by atoms with Crippen LogP contribution in [0.5, 0.6) is 0 Å². The van der Waals surface area contributed by atoms with Gasteiger partial charge in [-0.1, -0.05) is 34.1 Å². The van der Waals surface area contributed by atoms with Gasteiger partial charge < -0.3 is 15.7 Å². The van der Waals surface area contributed by atoms with Gasteiger partial charge in [-0.15, -0.1) is 0 Å². The molecular weight excluding hydrogens is 256 g/mol. The molecule has 20 heavy (non-hydrogen) atoms. The first-order chi connectivity index (χ1) is 9.16.